The molecular formula is C22H24N2O4. The molecule has 146 valence electrons. The highest BCUT2D eigenvalue weighted by Gasteiger charge is 2.49. The molecular weight excluding hydrogens is 356 g/mol. The molecule has 1 N–H and O–H groups in total. The minimum absolute atomic E-state index is 0.0359. The van der Waals surface area contributed by atoms with E-state index in [1.165, 1.54) is 11.9 Å². The topological polar surface area (TPSA) is 77.9 Å². The van der Waals surface area contributed by atoms with Crippen LogP contribution < -0.4 is 4.90 Å². The Hall–Kier alpha value is -3.15. The Balaban J connectivity index is 1.94. The van der Waals surface area contributed by atoms with E-state index in [1.54, 1.807) is 11.9 Å². The number of aliphatic carboxylic acids is 1. The highest BCUT2D eigenvalue weighted by atomic mass is 16.4. The van der Waals surface area contributed by atoms with Gasteiger partial charge in [-0.2, -0.15) is 0 Å². The molecule has 0 fully saturated rings. The number of likely N-dealkylation sites (N-methyl/N-ethyl adjacent to an activating group) is 2. The molecule has 3 rings (SSSR count). The summed E-state index contributed by atoms with van der Waals surface area (Å²) >= 11 is 0. The fraction of sp³-hybridized carbons (Fsp3) is 0.318. The Kier molecular flexibility index (Phi) is 5.49. The van der Waals surface area contributed by atoms with Gasteiger partial charge in [0.05, 0.1) is 5.41 Å². The standard InChI is InChI=1S/C22H24N2O4/c1-23(15-20(26)27)19(25)12-13-22(14-16-8-4-3-5-9-16)17-10-6-7-11-18(17)24(2)21(22)28/h3-11H,12-15H2,1-2H3,(H,26,27)/t22-/m0/s1. The van der Waals surface area contributed by atoms with Gasteiger partial charge in [0.15, 0.2) is 0 Å². The van der Waals surface area contributed by atoms with E-state index < -0.39 is 11.4 Å². The molecule has 6 heteroatoms. The minimum atomic E-state index is -1.06. The van der Waals surface area contributed by atoms with Crippen molar-refractivity contribution >= 4 is 23.5 Å². The van der Waals surface area contributed by atoms with E-state index in [1.807, 2.05) is 54.6 Å². The van der Waals surface area contributed by atoms with E-state index >= 15 is 0 Å². The molecule has 1 heterocycles. The lowest BCUT2D eigenvalue weighted by Gasteiger charge is -2.29. The number of fused-ring (bicyclic) bond motifs is 1. The molecule has 1 aliphatic rings. The molecule has 1 atom stereocenters. The van der Waals surface area contributed by atoms with Crippen LogP contribution in [0.25, 0.3) is 0 Å². The quantitative estimate of drug-likeness (QED) is 0.800. The minimum Gasteiger partial charge on any atom is -0.480 e. The molecule has 0 saturated heterocycles. The number of amides is 2. The van der Waals surface area contributed by atoms with Crippen LogP contribution >= 0.6 is 0 Å². The van der Waals surface area contributed by atoms with Crippen LogP contribution in [0.3, 0.4) is 0 Å². The normalized spacial score (nSPS) is 18.1. The van der Waals surface area contributed by atoms with Crippen LogP contribution in [0.15, 0.2) is 54.6 Å². The van der Waals surface area contributed by atoms with Crippen LogP contribution in [-0.4, -0.2) is 48.4 Å². The Labute approximate surface area is 164 Å². The second-order valence-corrected chi connectivity index (χ2v) is 7.27. The predicted molar refractivity (Wildman–Crippen MR) is 106 cm³/mol. The average molecular weight is 380 g/mol. The SMILES string of the molecule is CN(CC(=O)O)C(=O)CC[C@@]1(Cc2ccccc2)C(=O)N(C)c2ccccc21. The largest absolute Gasteiger partial charge is 0.480 e. The first-order valence-corrected chi connectivity index (χ1v) is 9.22. The van der Waals surface area contributed by atoms with Gasteiger partial charge in [-0.05, 0) is 30.0 Å². The lowest BCUT2D eigenvalue weighted by Crippen LogP contribution is -2.42. The van der Waals surface area contributed by atoms with Crippen molar-refractivity contribution in [1.29, 1.82) is 0 Å². The Morgan fingerprint density at radius 3 is 2.39 bits per heavy atom. The zero-order chi connectivity index (χ0) is 20.3. The van der Waals surface area contributed by atoms with E-state index in [4.69, 9.17) is 5.11 Å². The van der Waals surface area contributed by atoms with Gasteiger partial charge in [-0.15, -0.1) is 0 Å². The van der Waals surface area contributed by atoms with Crippen molar-refractivity contribution in [1.82, 2.24) is 4.90 Å². The van der Waals surface area contributed by atoms with Crippen molar-refractivity contribution in [3.63, 3.8) is 0 Å². The third-order valence-corrected chi connectivity index (χ3v) is 5.41. The van der Waals surface area contributed by atoms with Crippen LogP contribution in [0, 0.1) is 0 Å². The number of benzene rings is 2. The molecule has 2 aromatic carbocycles. The molecule has 0 bridgehead atoms. The Morgan fingerprint density at radius 2 is 1.71 bits per heavy atom. The van der Waals surface area contributed by atoms with E-state index in [0.717, 1.165) is 16.8 Å². The molecule has 0 aromatic heterocycles. The molecule has 0 saturated carbocycles. The molecule has 2 amide bonds. The summed E-state index contributed by atoms with van der Waals surface area (Å²) in [6, 6.07) is 17.4. The number of hydrogen-bond donors (Lipinski definition) is 1. The highest BCUT2D eigenvalue weighted by molar-refractivity contribution is 6.08. The van der Waals surface area contributed by atoms with Crippen molar-refractivity contribution < 1.29 is 19.5 Å². The van der Waals surface area contributed by atoms with Gasteiger partial charge in [-0.25, -0.2) is 0 Å². The van der Waals surface area contributed by atoms with Gasteiger partial charge in [0.2, 0.25) is 11.8 Å². The van der Waals surface area contributed by atoms with Gasteiger partial charge in [0.25, 0.3) is 0 Å². The third-order valence-electron chi connectivity index (χ3n) is 5.41. The summed E-state index contributed by atoms with van der Waals surface area (Å²) in [6.45, 7) is -0.352. The number of anilines is 1. The number of carboxylic acids is 1. The lowest BCUT2D eigenvalue weighted by molar-refractivity contribution is -0.143. The molecule has 0 radical (unpaired) electrons. The van der Waals surface area contributed by atoms with Crippen LogP contribution in [0.1, 0.15) is 24.0 Å². The second kappa shape index (κ2) is 7.84. The molecule has 28 heavy (non-hydrogen) atoms. The summed E-state index contributed by atoms with van der Waals surface area (Å²) in [5.41, 5.74) is 1.95. The fourth-order valence-corrected chi connectivity index (χ4v) is 3.96. The van der Waals surface area contributed by atoms with E-state index in [9.17, 15) is 14.4 Å². The molecule has 0 spiro atoms. The second-order valence-electron chi connectivity index (χ2n) is 7.27. The molecule has 6 nitrogen and oxygen atoms in total. The summed E-state index contributed by atoms with van der Waals surface area (Å²) < 4.78 is 0. The summed E-state index contributed by atoms with van der Waals surface area (Å²) in [4.78, 5) is 39.6. The first-order chi connectivity index (χ1) is 13.3. The maximum Gasteiger partial charge on any atom is 0.323 e. The van der Waals surface area contributed by atoms with Gasteiger partial charge in [0.1, 0.15) is 6.54 Å². The van der Waals surface area contributed by atoms with E-state index in [0.29, 0.717) is 12.8 Å². The van der Waals surface area contributed by atoms with Gasteiger partial charge < -0.3 is 14.9 Å². The monoisotopic (exact) mass is 380 g/mol. The van der Waals surface area contributed by atoms with Crippen molar-refractivity contribution in [3.05, 3.63) is 65.7 Å². The number of carboxylic acid groups (broad SMARTS) is 1. The lowest BCUT2D eigenvalue weighted by atomic mass is 9.73. The van der Waals surface area contributed by atoms with Gasteiger partial charge >= 0.3 is 5.97 Å². The van der Waals surface area contributed by atoms with E-state index in [2.05, 4.69) is 0 Å². The van der Waals surface area contributed by atoms with Gasteiger partial charge in [-0.3, -0.25) is 14.4 Å². The number of para-hydroxylation sites is 1. The molecule has 1 aliphatic heterocycles. The van der Waals surface area contributed by atoms with Crippen molar-refractivity contribution in [2.24, 2.45) is 0 Å². The first-order valence-electron chi connectivity index (χ1n) is 9.22. The number of hydrogen-bond acceptors (Lipinski definition) is 3. The van der Waals surface area contributed by atoms with Crippen molar-refractivity contribution in [3.8, 4) is 0 Å². The maximum absolute atomic E-state index is 13.4. The zero-order valence-corrected chi connectivity index (χ0v) is 16.1. The summed E-state index contributed by atoms with van der Waals surface area (Å²) in [5.74, 6) is -1.38. The molecule has 0 unspecified atom stereocenters. The molecule has 0 aliphatic carbocycles. The predicted octanol–water partition coefficient (Wildman–Crippen LogP) is 2.47. The third kappa shape index (κ3) is 3.63. The Bertz CT molecular complexity index is 896. The Morgan fingerprint density at radius 1 is 1.07 bits per heavy atom. The number of carbonyl (C=O) groups is 3. The van der Waals surface area contributed by atoms with Crippen molar-refractivity contribution in [2.45, 2.75) is 24.7 Å². The fourth-order valence-electron chi connectivity index (χ4n) is 3.96. The summed E-state index contributed by atoms with van der Waals surface area (Å²) in [6.07, 6.45) is 0.916. The van der Waals surface area contributed by atoms with Crippen LogP contribution in [0.2, 0.25) is 0 Å². The zero-order valence-electron chi connectivity index (χ0n) is 16.1. The highest BCUT2D eigenvalue weighted by Crippen LogP contribution is 2.46. The van der Waals surface area contributed by atoms with Gasteiger partial charge in [-0.1, -0.05) is 48.5 Å². The first kappa shape index (κ1) is 19.6. The van der Waals surface area contributed by atoms with E-state index in [-0.39, 0.29) is 24.8 Å². The number of carbonyl (C=O) groups excluding carboxylic acids is 2. The smallest absolute Gasteiger partial charge is 0.323 e. The van der Waals surface area contributed by atoms with Crippen LogP contribution in [0.4, 0.5) is 5.69 Å². The number of rotatable bonds is 7. The summed E-state index contributed by atoms with van der Waals surface area (Å²) in [5, 5.41) is 8.91. The van der Waals surface area contributed by atoms with Crippen molar-refractivity contribution in [2.75, 3.05) is 25.5 Å². The van der Waals surface area contributed by atoms with Crippen LogP contribution in [-0.2, 0) is 26.2 Å². The average Bonchev–Trinajstić information content (AvgIpc) is 2.89. The molecule has 2 aromatic rings. The number of nitrogens with zero attached hydrogens (tertiary/aromatic N) is 2. The maximum atomic E-state index is 13.4. The van der Waals surface area contributed by atoms with Crippen LogP contribution in [0.5, 0.6) is 0 Å². The van der Waals surface area contributed by atoms with Gasteiger partial charge in [0, 0.05) is 26.2 Å². The summed E-state index contributed by atoms with van der Waals surface area (Å²) in [7, 11) is 3.23.